The Hall–Kier alpha value is -3.47. The van der Waals surface area contributed by atoms with Crippen LogP contribution in [0.15, 0.2) is 66.7 Å². The summed E-state index contributed by atoms with van der Waals surface area (Å²) in [6, 6.07) is 21.4. The van der Waals surface area contributed by atoms with Crippen molar-refractivity contribution in [1.29, 1.82) is 0 Å². The van der Waals surface area contributed by atoms with Gasteiger partial charge in [-0.3, -0.25) is 9.59 Å². The van der Waals surface area contributed by atoms with E-state index < -0.39 is 5.97 Å². The number of carbonyl (C=O) groups is 2. The lowest BCUT2D eigenvalue weighted by molar-refractivity contribution is -0.143. The van der Waals surface area contributed by atoms with Gasteiger partial charge in [-0.1, -0.05) is 54.6 Å². The van der Waals surface area contributed by atoms with Gasteiger partial charge in [0.2, 0.25) is 0 Å². The predicted octanol–water partition coefficient (Wildman–Crippen LogP) is 4.57. The van der Waals surface area contributed by atoms with Crippen molar-refractivity contribution < 1.29 is 19.4 Å². The fraction of sp³-hybridized carbons (Fsp3) is 0.208. The van der Waals surface area contributed by atoms with Crippen molar-refractivity contribution in [2.45, 2.75) is 26.2 Å². The van der Waals surface area contributed by atoms with Gasteiger partial charge in [-0.05, 0) is 35.7 Å². The summed E-state index contributed by atoms with van der Waals surface area (Å²) < 4.78 is 4.83. The Morgan fingerprint density at radius 1 is 0.897 bits per heavy atom. The molecule has 0 amide bonds. The largest absolute Gasteiger partial charge is 0.506 e. The van der Waals surface area contributed by atoms with Crippen LogP contribution in [0.1, 0.15) is 41.5 Å². The minimum absolute atomic E-state index is 0.00676. The van der Waals surface area contributed by atoms with Crippen LogP contribution in [0.3, 0.4) is 0 Å². The molecule has 0 bridgehead atoms. The monoisotopic (exact) mass is 389 g/mol. The predicted molar refractivity (Wildman–Crippen MR) is 111 cm³/mol. The van der Waals surface area contributed by atoms with Crippen LogP contribution in [0, 0.1) is 0 Å². The number of aromatic hydroxyl groups is 1. The third kappa shape index (κ3) is 5.51. The van der Waals surface area contributed by atoms with E-state index in [4.69, 9.17) is 4.74 Å². The van der Waals surface area contributed by atoms with Crippen molar-refractivity contribution in [2.75, 3.05) is 6.61 Å². The SMILES string of the molecule is CCOC(=O)CCC(=O)c1nc(Cc2ccc(-c3ccccc3)cc2)ccc1O. The maximum atomic E-state index is 12.4. The van der Waals surface area contributed by atoms with E-state index in [9.17, 15) is 14.7 Å². The quantitative estimate of drug-likeness (QED) is 0.451. The van der Waals surface area contributed by atoms with Crippen LogP contribution in [0.25, 0.3) is 11.1 Å². The second-order valence-electron chi connectivity index (χ2n) is 6.64. The van der Waals surface area contributed by atoms with E-state index in [-0.39, 0.29) is 36.7 Å². The van der Waals surface area contributed by atoms with Crippen LogP contribution in [-0.2, 0) is 16.0 Å². The summed E-state index contributed by atoms with van der Waals surface area (Å²) in [5, 5.41) is 10.0. The zero-order valence-electron chi connectivity index (χ0n) is 16.3. The number of Topliss-reactive ketones (excluding diaryl/α,β-unsaturated/α-hetero) is 1. The molecule has 0 aliphatic carbocycles. The molecule has 3 aromatic rings. The molecule has 29 heavy (non-hydrogen) atoms. The lowest BCUT2D eigenvalue weighted by Gasteiger charge is -2.08. The Balaban J connectivity index is 1.69. The molecule has 0 radical (unpaired) electrons. The molecule has 0 fully saturated rings. The van der Waals surface area contributed by atoms with Crippen LogP contribution >= 0.6 is 0 Å². The Morgan fingerprint density at radius 2 is 1.59 bits per heavy atom. The highest BCUT2D eigenvalue weighted by Crippen LogP contribution is 2.22. The van der Waals surface area contributed by atoms with Crippen molar-refractivity contribution in [1.82, 2.24) is 4.98 Å². The zero-order chi connectivity index (χ0) is 20.6. The molecule has 5 heteroatoms. The molecule has 148 valence electrons. The first-order chi connectivity index (χ1) is 14.1. The molecule has 5 nitrogen and oxygen atoms in total. The molecular formula is C24H23NO4. The van der Waals surface area contributed by atoms with Gasteiger partial charge in [0.25, 0.3) is 0 Å². The van der Waals surface area contributed by atoms with Crippen LogP contribution in [0.5, 0.6) is 5.75 Å². The summed E-state index contributed by atoms with van der Waals surface area (Å²) >= 11 is 0. The van der Waals surface area contributed by atoms with Gasteiger partial charge in [-0.15, -0.1) is 0 Å². The second kappa shape index (κ2) is 9.64. The van der Waals surface area contributed by atoms with Gasteiger partial charge in [-0.25, -0.2) is 4.98 Å². The molecule has 0 saturated heterocycles. The van der Waals surface area contributed by atoms with Crippen molar-refractivity contribution in [3.05, 3.63) is 83.7 Å². The Bertz CT molecular complexity index is 982. The summed E-state index contributed by atoms with van der Waals surface area (Å²) in [4.78, 5) is 28.1. The van der Waals surface area contributed by atoms with E-state index in [2.05, 4.69) is 29.2 Å². The molecule has 0 aliphatic heterocycles. The molecule has 0 atom stereocenters. The highest BCUT2D eigenvalue weighted by atomic mass is 16.5. The maximum absolute atomic E-state index is 12.4. The van der Waals surface area contributed by atoms with Gasteiger partial charge in [-0.2, -0.15) is 0 Å². The molecule has 1 heterocycles. The average Bonchev–Trinajstić information content (AvgIpc) is 2.75. The van der Waals surface area contributed by atoms with Crippen molar-refractivity contribution in [3.63, 3.8) is 0 Å². The summed E-state index contributed by atoms with van der Waals surface area (Å²) in [5.74, 6) is -0.992. The molecular weight excluding hydrogens is 366 g/mol. The number of hydrogen-bond acceptors (Lipinski definition) is 5. The number of ether oxygens (including phenoxy) is 1. The maximum Gasteiger partial charge on any atom is 0.306 e. The van der Waals surface area contributed by atoms with E-state index in [1.807, 2.05) is 30.3 Å². The molecule has 2 aromatic carbocycles. The third-order valence-electron chi connectivity index (χ3n) is 4.50. The van der Waals surface area contributed by atoms with Crippen LogP contribution in [-0.4, -0.2) is 28.4 Å². The fourth-order valence-corrected chi connectivity index (χ4v) is 3.02. The normalized spacial score (nSPS) is 10.5. The fourth-order valence-electron chi connectivity index (χ4n) is 3.02. The number of esters is 1. The highest BCUT2D eigenvalue weighted by Gasteiger charge is 2.16. The Labute approximate surface area is 170 Å². The molecule has 3 rings (SSSR count). The Kier molecular flexibility index (Phi) is 6.74. The third-order valence-corrected chi connectivity index (χ3v) is 4.50. The van der Waals surface area contributed by atoms with E-state index in [1.165, 1.54) is 6.07 Å². The smallest absolute Gasteiger partial charge is 0.306 e. The van der Waals surface area contributed by atoms with E-state index in [0.717, 1.165) is 16.7 Å². The summed E-state index contributed by atoms with van der Waals surface area (Å²) in [7, 11) is 0. The van der Waals surface area contributed by atoms with Gasteiger partial charge in [0.05, 0.1) is 13.0 Å². The van der Waals surface area contributed by atoms with Crippen molar-refractivity contribution in [3.8, 4) is 16.9 Å². The molecule has 1 aromatic heterocycles. The lowest BCUT2D eigenvalue weighted by Crippen LogP contribution is -2.10. The molecule has 0 saturated carbocycles. The first-order valence-electron chi connectivity index (χ1n) is 9.59. The van der Waals surface area contributed by atoms with E-state index >= 15 is 0 Å². The highest BCUT2D eigenvalue weighted by molar-refractivity contribution is 5.98. The molecule has 0 aliphatic rings. The van der Waals surface area contributed by atoms with E-state index in [1.54, 1.807) is 13.0 Å². The molecule has 0 unspecified atom stereocenters. The minimum Gasteiger partial charge on any atom is -0.506 e. The topological polar surface area (TPSA) is 76.5 Å². The van der Waals surface area contributed by atoms with E-state index in [0.29, 0.717) is 12.1 Å². The second-order valence-corrected chi connectivity index (χ2v) is 6.64. The summed E-state index contributed by atoms with van der Waals surface area (Å²) in [5.41, 5.74) is 3.99. The number of benzene rings is 2. The standard InChI is InChI=1S/C24H23NO4/c1-2-29-23(28)15-14-22(27)24-21(26)13-12-20(25-24)16-17-8-10-19(11-9-17)18-6-4-3-5-7-18/h3-13,26H,2,14-16H2,1H3. The Morgan fingerprint density at radius 3 is 2.28 bits per heavy atom. The van der Waals surface area contributed by atoms with Gasteiger partial charge in [0, 0.05) is 18.5 Å². The minimum atomic E-state index is -0.435. The number of hydrogen-bond donors (Lipinski definition) is 1. The van der Waals surface area contributed by atoms with Crippen LogP contribution in [0.4, 0.5) is 0 Å². The number of nitrogens with zero attached hydrogens (tertiary/aromatic N) is 1. The first-order valence-corrected chi connectivity index (χ1v) is 9.59. The summed E-state index contributed by atoms with van der Waals surface area (Å²) in [6.45, 7) is 1.98. The molecule has 1 N–H and O–H groups in total. The van der Waals surface area contributed by atoms with Crippen molar-refractivity contribution in [2.24, 2.45) is 0 Å². The molecule has 0 spiro atoms. The van der Waals surface area contributed by atoms with Gasteiger partial charge < -0.3 is 9.84 Å². The number of aromatic nitrogens is 1. The van der Waals surface area contributed by atoms with Crippen molar-refractivity contribution >= 4 is 11.8 Å². The van der Waals surface area contributed by atoms with Gasteiger partial charge in [0.1, 0.15) is 11.4 Å². The number of carbonyl (C=O) groups excluding carboxylic acids is 2. The summed E-state index contributed by atoms with van der Waals surface area (Å²) in [6.07, 6.45) is 0.459. The number of rotatable bonds is 8. The lowest BCUT2D eigenvalue weighted by atomic mass is 10.0. The van der Waals surface area contributed by atoms with Crippen LogP contribution < -0.4 is 0 Å². The van der Waals surface area contributed by atoms with Gasteiger partial charge >= 0.3 is 5.97 Å². The zero-order valence-corrected chi connectivity index (χ0v) is 16.3. The number of ketones is 1. The van der Waals surface area contributed by atoms with Gasteiger partial charge in [0.15, 0.2) is 5.78 Å². The van der Waals surface area contributed by atoms with Crippen LogP contribution in [0.2, 0.25) is 0 Å². The number of pyridine rings is 1. The average molecular weight is 389 g/mol. The first kappa shape index (κ1) is 20.3.